The molecule has 140 valence electrons. The zero-order valence-electron chi connectivity index (χ0n) is 15.6. The molecule has 0 radical (unpaired) electrons. The molecule has 3 rings (SSSR count). The number of hydrogen-bond donors (Lipinski definition) is 1. The van der Waals surface area contributed by atoms with E-state index < -0.39 is 5.54 Å². The average Bonchev–Trinajstić information content (AvgIpc) is 2.66. The predicted molar refractivity (Wildman–Crippen MR) is 108 cm³/mol. The van der Waals surface area contributed by atoms with Crippen LogP contribution in [0.15, 0.2) is 60.7 Å². The van der Waals surface area contributed by atoms with E-state index in [2.05, 4.69) is 5.32 Å². The van der Waals surface area contributed by atoms with Crippen molar-refractivity contribution >= 4 is 29.3 Å². The summed E-state index contributed by atoms with van der Waals surface area (Å²) in [5.41, 5.74) is 2.07. The molecule has 0 unspecified atom stereocenters. The maximum Gasteiger partial charge on any atom is 0.330 e. The SMILES string of the molecule is CC1(C)Nc2ccccc2N(CCCOC(=O)/C=C/c2ccccc2)C1=O. The summed E-state index contributed by atoms with van der Waals surface area (Å²) >= 11 is 0. The highest BCUT2D eigenvalue weighted by atomic mass is 16.5. The number of fused-ring (bicyclic) bond motifs is 1. The normalized spacial score (nSPS) is 15.3. The lowest BCUT2D eigenvalue weighted by Crippen LogP contribution is -2.54. The minimum absolute atomic E-state index is 0.0106. The fourth-order valence-electron chi connectivity index (χ4n) is 3.05. The maximum absolute atomic E-state index is 12.7. The quantitative estimate of drug-likeness (QED) is 0.480. The van der Waals surface area contributed by atoms with E-state index in [-0.39, 0.29) is 18.5 Å². The molecule has 0 fully saturated rings. The molecule has 2 aromatic carbocycles. The van der Waals surface area contributed by atoms with Gasteiger partial charge in [0.1, 0.15) is 5.54 Å². The summed E-state index contributed by atoms with van der Waals surface area (Å²) in [7, 11) is 0. The average molecular weight is 364 g/mol. The standard InChI is InChI=1S/C22H24N2O3/c1-22(2)21(26)24(19-12-7-6-11-18(19)23-22)15-8-16-27-20(25)14-13-17-9-4-3-5-10-17/h3-7,9-14,23H,8,15-16H2,1-2H3/b14-13+. The molecule has 0 spiro atoms. The minimum Gasteiger partial charge on any atom is -0.462 e. The molecule has 2 aromatic rings. The molecule has 0 aromatic heterocycles. The molecule has 0 bridgehead atoms. The fraction of sp³-hybridized carbons (Fsp3) is 0.273. The minimum atomic E-state index is -0.663. The Bertz CT molecular complexity index is 844. The Balaban J connectivity index is 1.53. The summed E-state index contributed by atoms with van der Waals surface area (Å²) in [6.45, 7) is 4.49. The van der Waals surface area contributed by atoms with Gasteiger partial charge in [0, 0.05) is 12.6 Å². The number of nitrogens with zero attached hydrogens (tertiary/aromatic N) is 1. The zero-order valence-corrected chi connectivity index (χ0v) is 15.6. The molecule has 0 aliphatic carbocycles. The molecule has 1 aliphatic rings. The van der Waals surface area contributed by atoms with Crippen molar-refractivity contribution in [2.45, 2.75) is 25.8 Å². The molecule has 1 N–H and O–H groups in total. The molecule has 1 aliphatic heterocycles. The van der Waals surface area contributed by atoms with Crippen LogP contribution in [-0.2, 0) is 14.3 Å². The number of amides is 1. The summed E-state index contributed by atoms with van der Waals surface area (Å²) in [6, 6.07) is 17.3. The van der Waals surface area contributed by atoms with Crippen molar-refractivity contribution in [1.82, 2.24) is 0 Å². The second-order valence-corrected chi connectivity index (χ2v) is 6.99. The van der Waals surface area contributed by atoms with Gasteiger partial charge in [-0.3, -0.25) is 4.79 Å². The molecular weight excluding hydrogens is 340 g/mol. The number of hydrogen-bond acceptors (Lipinski definition) is 4. The molecule has 5 nitrogen and oxygen atoms in total. The van der Waals surface area contributed by atoms with Crippen molar-refractivity contribution in [1.29, 1.82) is 0 Å². The van der Waals surface area contributed by atoms with Crippen molar-refractivity contribution in [2.24, 2.45) is 0 Å². The summed E-state index contributed by atoms with van der Waals surface area (Å²) in [4.78, 5) is 26.3. The van der Waals surface area contributed by atoms with E-state index in [9.17, 15) is 9.59 Å². The van der Waals surface area contributed by atoms with Crippen molar-refractivity contribution in [2.75, 3.05) is 23.4 Å². The van der Waals surface area contributed by atoms with Gasteiger partial charge in [0.25, 0.3) is 5.91 Å². The van der Waals surface area contributed by atoms with Crippen LogP contribution in [0.2, 0.25) is 0 Å². The lowest BCUT2D eigenvalue weighted by molar-refractivity contribution is -0.137. The Labute approximate surface area is 159 Å². The first-order valence-corrected chi connectivity index (χ1v) is 9.06. The third-order valence-corrected chi connectivity index (χ3v) is 4.40. The zero-order chi connectivity index (χ0) is 19.3. The highest BCUT2D eigenvalue weighted by molar-refractivity contribution is 6.07. The van der Waals surface area contributed by atoms with Crippen LogP contribution in [0.5, 0.6) is 0 Å². The third-order valence-electron chi connectivity index (χ3n) is 4.40. The second kappa shape index (κ2) is 8.08. The maximum atomic E-state index is 12.7. The summed E-state index contributed by atoms with van der Waals surface area (Å²) in [6.07, 6.45) is 3.71. The van der Waals surface area contributed by atoms with Crippen LogP contribution in [0.1, 0.15) is 25.8 Å². The van der Waals surface area contributed by atoms with Crippen LogP contribution in [0.4, 0.5) is 11.4 Å². The molecule has 1 heterocycles. The number of nitrogens with one attached hydrogen (secondary N) is 1. The lowest BCUT2D eigenvalue weighted by atomic mass is 9.98. The van der Waals surface area contributed by atoms with E-state index in [4.69, 9.17) is 4.74 Å². The van der Waals surface area contributed by atoms with Gasteiger partial charge in [0.15, 0.2) is 0 Å². The van der Waals surface area contributed by atoms with Gasteiger partial charge in [-0.2, -0.15) is 0 Å². The Hall–Kier alpha value is -3.08. The van der Waals surface area contributed by atoms with Crippen LogP contribution in [0, 0.1) is 0 Å². The van der Waals surface area contributed by atoms with E-state index in [0.717, 1.165) is 16.9 Å². The van der Waals surface area contributed by atoms with Crippen molar-refractivity contribution in [3.05, 3.63) is 66.2 Å². The Morgan fingerprint density at radius 1 is 1.11 bits per heavy atom. The number of anilines is 2. The first kappa shape index (κ1) is 18.7. The van der Waals surface area contributed by atoms with Gasteiger partial charge in [0.05, 0.1) is 18.0 Å². The summed E-state index contributed by atoms with van der Waals surface area (Å²) in [5, 5.41) is 3.27. The Morgan fingerprint density at radius 2 is 1.81 bits per heavy atom. The molecule has 0 saturated heterocycles. The van der Waals surface area contributed by atoms with Gasteiger partial charge in [-0.15, -0.1) is 0 Å². The monoisotopic (exact) mass is 364 g/mol. The first-order valence-electron chi connectivity index (χ1n) is 9.06. The van der Waals surface area contributed by atoms with Crippen molar-refractivity contribution in [3.8, 4) is 0 Å². The van der Waals surface area contributed by atoms with Gasteiger partial charge >= 0.3 is 5.97 Å². The van der Waals surface area contributed by atoms with Crippen LogP contribution >= 0.6 is 0 Å². The van der Waals surface area contributed by atoms with E-state index in [1.807, 2.05) is 68.4 Å². The van der Waals surface area contributed by atoms with Crippen LogP contribution < -0.4 is 10.2 Å². The number of para-hydroxylation sites is 2. The fourth-order valence-corrected chi connectivity index (χ4v) is 3.05. The van der Waals surface area contributed by atoms with Gasteiger partial charge in [-0.25, -0.2) is 4.79 Å². The number of carbonyl (C=O) groups is 2. The predicted octanol–water partition coefficient (Wildman–Crippen LogP) is 3.87. The Morgan fingerprint density at radius 3 is 2.59 bits per heavy atom. The molecular formula is C22H24N2O3. The van der Waals surface area contributed by atoms with Crippen LogP contribution in [0.3, 0.4) is 0 Å². The molecule has 27 heavy (non-hydrogen) atoms. The number of rotatable bonds is 6. The second-order valence-electron chi connectivity index (χ2n) is 6.99. The first-order chi connectivity index (χ1) is 13.0. The Kier molecular flexibility index (Phi) is 5.60. The number of benzene rings is 2. The molecule has 5 heteroatoms. The topological polar surface area (TPSA) is 58.6 Å². The third kappa shape index (κ3) is 4.56. The van der Waals surface area contributed by atoms with Gasteiger partial charge in [-0.1, -0.05) is 42.5 Å². The van der Waals surface area contributed by atoms with Crippen LogP contribution in [0.25, 0.3) is 6.08 Å². The van der Waals surface area contributed by atoms with Gasteiger partial charge in [-0.05, 0) is 44.0 Å². The lowest BCUT2D eigenvalue weighted by Gasteiger charge is -2.39. The van der Waals surface area contributed by atoms with Crippen LogP contribution in [-0.4, -0.2) is 30.6 Å². The highest BCUT2D eigenvalue weighted by Gasteiger charge is 2.37. The number of ether oxygens (including phenoxy) is 1. The van der Waals surface area contributed by atoms with E-state index >= 15 is 0 Å². The van der Waals surface area contributed by atoms with E-state index in [1.54, 1.807) is 11.0 Å². The molecule has 0 atom stereocenters. The van der Waals surface area contributed by atoms with Gasteiger partial charge < -0.3 is 15.0 Å². The summed E-state index contributed by atoms with van der Waals surface area (Å²) in [5.74, 6) is -0.372. The number of carbonyl (C=O) groups excluding carboxylic acids is 2. The van der Waals surface area contributed by atoms with Gasteiger partial charge in [0.2, 0.25) is 0 Å². The highest BCUT2D eigenvalue weighted by Crippen LogP contribution is 2.34. The molecule has 1 amide bonds. The van der Waals surface area contributed by atoms with E-state index in [1.165, 1.54) is 6.08 Å². The van der Waals surface area contributed by atoms with Crippen molar-refractivity contribution in [3.63, 3.8) is 0 Å². The van der Waals surface area contributed by atoms with E-state index in [0.29, 0.717) is 13.0 Å². The number of esters is 1. The molecule has 0 saturated carbocycles. The largest absolute Gasteiger partial charge is 0.462 e. The summed E-state index contributed by atoms with van der Waals surface area (Å²) < 4.78 is 5.25. The smallest absolute Gasteiger partial charge is 0.330 e. The van der Waals surface area contributed by atoms with Crippen molar-refractivity contribution < 1.29 is 14.3 Å².